The van der Waals surface area contributed by atoms with Gasteiger partial charge < -0.3 is 34.5 Å². The van der Waals surface area contributed by atoms with E-state index in [0.717, 1.165) is 6.07 Å². The highest BCUT2D eigenvalue weighted by Gasteiger charge is 2.32. The number of rotatable bonds is 9. The fraction of sp³-hybridized carbons (Fsp3) is 0.385. The number of fused-ring (bicyclic) bond motifs is 1. The van der Waals surface area contributed by atoms with Gasteiger partial charge >= 0.3 is 0 Å². The second-order valence-corrected chi connectivity index (χ2v) is 9.11. The molecule has 4 heterocycles. The number of benzene rings is 1. The van der Waals surface area contributed by atoms with Gasteiger partial charge in [-0.2, -0.15) is 0 Å². The molecule has 13 heteroatoms. The summed E-state index contributed by atoms with van der Waals surface area (Å²) in [6.45, 7) is 5.26. The molecule has 0 aliphatic carbocycles. The van der Waals surface area contributed by atoms with Crippen LogP contribution in [0.3, 0.4) is 0 Å². The number of aromatic nitrogens is 3. The SMILES string of the molecule is C=CC(=O)N[C@H]1COC[C@H]1Nc1cc2c(N3CC(OC)C3)nc(-c3c(F)c(OC)cc(OC)c3F)nc2cn1. The predicted molar refractivity (Wildman–Crippen MR) is 139 cm³/mol. The van der Waals surface area contributed by atoms with Crippen molar-refractivity contribution >= 4 is 28.4 Å². The molecule has 2 atom stereocenters. The molecule has 2 aromatic heterocycles. The highest BCUT2D eigenvalue weighted by molar-refractivity contribution is 5.93. The van der Waals surface area contributed by atoms with Crippen molar-refractivity contribution in [3.8, 4) is 22.9 Å². The summed E-state index contributed by atoms with van der Waals surface area (Å²) in [5.74, 6) is -1.81. The average molecular weight is 543 g/mol. The molecule has 3 aromatic rings. The molecule has 2 saturated heterocycles. The molecule has 0 spiro atoms. The molecule has 11 nitrogen and oxygen atoms in total. The zero-order valence-electron chi connectivity index (χ0n) is 21.7. The molecule has 2 N–H and O–H groups in total. The summed E-state index contributed by atoms with van der Waals surface area (Å²) in [7, 11) is 4.17. The Morgan fingerprint density at radius 1 is 1.10 bits per heavy atom. The Kier molecular flexibility index (Phi) is 7.44. The number of hydrogen-bond donors (Lipinski definition) is 2. The van der Waals surface area contributed by atoms with E-state index in [4.69, 9.17) is 18.9 Å². The van der Waals surface area contributed by atoms with Crippen LogP contribution in [0.5, 0.6) is 11.5 Å². The number of halogens is 2. The maximum atomic E-state index is 15.3. The van der Waals surface area contributed by atoms with Gasteiger partial charge in [0.15, 0.2) is 29.0 Å². The van der Waals surface area contributed by atoms with Crippen LogP contribution in [0.15, 0.2) is 31.0 Å². The van der Waals surface area contributed by atoms with Gasteiger partial charge in [0.2, 0.25) is 5.91 Å². The molecular formula is C26H28F2N6O5. The number of methoxy groups -OCH3 is 3. The molecule has 206 valence electrons. The molecule has 5 rings (SSSR count). The number of pyridine rings is 1. The van der Waals surface area contributed by atoms with E-state index in [-0.39, 0.29) is 41.4 Å². The van der Waals surface area contributed by atoms with Gasteiger partial charge in [-0.15, -0.1) is 0 Å². The van der Waals surface area contributed by atoms with Crippen molar-refractivity contribution in [2.24, 2.45) is 0 Å². The molecule has 1 aromatic carbocycles. The molecule has 2 fully saturated rings. The van der Waals surface area contributed by atoms with Gasteiger partial charge in [-0.05, 0) is 12.1 Å². The minimum Gasteiger partial charge on any atom is -0.494 e. The average Bonchev–Trinajstić information content (AvgIpc) is 3.34. The minimum absolute atomic E-state index is 0.00634. The third kappa shape index (κ3) is 5.02. The number of nitrogens with one attached hydrogen (secondary N) is 2. The van der Waals surface area contributed by atoms with Crippen molar-refractivity contribution in [1.29, 1.82) is 0 Å². The van der Waals surface area contributed by atoms with Crippen molar-refractivity contribution in [3.05, 3.63) is 42.6 Å². The van der Waals surface area contributed by atoms with Crippen LogP contribution in [0.2, 0.25) is 0 Å². The lowest BCUT2D eigenvalue weighted by Gasteiger charge is -2.39. The van der Waals surface area contributed by atoms with E-state index in [2.05, 4.69) is 32.2 Å². The van der Waals surface area contributed by atoms with Crippen molar-refractivity contribution in [1.82, 2.24) is 20.3 Å². The molecule has 2 aliphatic rings. The molecule has 39 heavy (non-hydrogen) atoms. The quantitative estimate of drug-likeness (QED) is 0.390. The van der Waals surface area contributed by atoms with Gasteiger partial charge in [0.25, 0.3) is 0 Å². The summed E-state index contributed by atoms with van der Waals surface area (Å²) in [5.41, 5.74) is -0.0922. The van der Waals surface area contributed by atoms with Gasteiger partial charge in [-0.1, -0.05) is 6.58 Å². The molecule has 1 amide bonds. The van der Waals surface area contributed by atoms with E-state index in [1.807, 2.05) is 4.90 Å². The zero-order chi connectivity index (χ0) is 27.7. The van der Waals surface area contributed by atoms with Crippen LogP contribution in [-0.4, -0.2) is 86.7 Å². The van der Waals surface area contributed by atoms with Crippen LogP contribution in [-0.2, 0) is 14.3 Å². The summed E-state index contributed by atoms with van der Waals surface area (Å²) in [6, 6.07) is 2.37. The van der Waals surface area contributed by atoms with Crippen molar-refractivity contribution in [2.45, 2.75) is 18.2 Å². The lowest BCUT2D eigenvalue weighted by molar-refractivity contribution is -0.117. The Bertz CT molecular complexity index is 1390. The minimum atomic E-state index is -0.945. The van der Waals surface area contributed by atoms with Crippen LogP contribution >= 0.6 is 0 Å². The van der Waals surface area contributed by atoms with Gasteiger partial charge in [0.05, 0.1) is 62.9 Å². The summed E-state index contributed by atoms with van der Waals surface area (Å²) in [5, 5.41) is 6.75. The fourth-order valence-corrected chi connectivity index (χ4v) is 4.56. The van der Waals surface area contributed by atoms with Crippen molar-refractivity contribution < 1.29 is 32.5 Å². The van der Waals surface area contributed by atoms with E-state index in [1.165, 1.54) is 26.5 Å². The van der Waals surface area contributed by atoms with Gasteiger partial charge in [0.1, 0.15) is 11.6 Å². The summed E-state index contributed by atoms with van der Waals surface area (Å²) >= 11 is 0. The molecule has 0 unspecified atom stereocenters. The number of carbonyl (C=O) groups excluding carboxylic acids is 1. The van der Waals surface area contributed by atoms with Crippen LogP contribution < -0.4 is 25.0 Å². The number of nitrogens with zero attached hydrogens (tertiary/aromatic N) is 4. The Morgan fingerprint density at radius 2 is 1.79 bits per heavy atom. The lowest BCUT2D eigenvalue weighted by Crippen LogP contribution is -2.52. The molecule has 0 radical (unpaired) electrons. The number of amides is 1. The lowest BCUT2D eigenvalue weighted by atomic mass is 10.1. The first-order valence-electron chi connectivity index (χ1n) is 12.2. The zero-order valence-corrected chi connectivity index (χ0v) is 21.7. The Balaban J connectivity index is 1.57. The summed E-state index contributed by atoms with van der Waals surface area (Å²) < 4.78 is 51.7. The molecule has 2 aliphatic heterocycles. The third-order valence-corrected chi connectivity index (χ3v) is 6.77. The second-order valence-electron chi connectivity index (χ2n) is 9.11. The highest BCUT2D eigenvalue weighted by Crippen LogP contribution is 2.39. The van der Waals surface area contributed by atoms with Crippen molar-refractivity contribution in [3.63, 3.8) is 0 Å². The Morgan fingerprint density at radius 3 is 2.44 bits per heavy atom. The number of ether oxygens (including phenoxy) is 4. The van der Waals surface area contributed by atoms with E-state index in [0.29, 0.717) is 48.8 Å². The van der Waals surface area contributed by atoms with Crippen LogP contribution in [0, 0.1) is 11.6 Å². The first-order valence-corrected chi connectivity index (χ1v) is 12.2. The second kappa shape index (κ2) is 10.9. The van der Waals surface area contributed by atoms with Crippen LogP contribution in [0.4, 0.5) is 20.4 Å². The van der Waals surface area contributed by atoms with Crippen LogP contribution in [0.1, 0.15) is 0 Å². The topological polar surface area (TPSA) is 120 Å². The van der Waals surface area contributed by atoms with Crippen LogP contribution in [0.25, 0.3) is 22.3 Å². The van der Waals surface area contributed by atoms with Gasteiger partial charge in [-0.25, -0.2) is 23.7 Å². The monoisotopic (exact) mass is 542 g/mol. The van der Waals surface area contributed by atoms with Gasteiger partial charge in [0, 0.05) is 31.7 Å². The molecule has 0 saturated carbocycles. The first-order chi connectivity index (χ1) is 18.9. The standard InChI is InChI=1S/C26H28F2N6O5/c1-5-21(35)31-17-12-39-11-16(17)30-20-6-14-15(8-29-20)32-25(33-26(14)34-9-13(10-34)36-2)22-23(27)18(37-3)7-19(38-4)24(22)28/h5-8,13,16-17H,1,9-12H2,2-4H3,(H,29,30)(H,31,35)/t16-,17+/m1/s1. The smallest absolute Gasteiger partial charge is 0.243 e. The fourth-order valence-electron chi connectivity index (χ4n) is 4.56. The van der Waals surface area contributed by atoms with E-state index >= 15 is 8.78 Å². The normalized spacial score (nSPS) is 19.1. The summed E-state index contributed by atoms with van der Waals surface area (Å²) in [4.78, 5) is 27.2. The Labute approximate surface area is 223 Å². The van der Waals surface area contributed by atoms with E-state index < -0.39 is 17.2 Å². The highest BCUT2D eigenvalue weighted by atomic mass is 19.1. The Hall–Kier alpha value is -4.10. The number of carbonyl (C=O) groups is 1. The van der Waals surface area contributed by atoms with Gasteiger partial charge in [-0.3, -0.25) is 4.79 Å². The molecular weight excluding hydrogens is 514 g/mol. The summed E-state index contributed by atoms with van der Waals surface area (Å²) in [6.07, 6.45) is 2.70. The van der Waals surface area contributed by atoms with Crippen molar-refractivity contribution in [2.75, 3.05) is 57.8 Å². The maximum absolute atomic E-state index is 15.3. The van der Waals surface area contributed by atoms with E-state index in [9.17, 15) is 4.79 Å². The number of anilines is 2. The van der Waals surface area contributed by atoms with E-state index in [1.54, 1.807) is 13.2 Å². The largest absolute Gasteiger partial charge is 0.494 e. The third-order valence-electron chi connectivity index (χ3n) is 6.77. The maximum Gasteiger partial charge on any atom is 0.243 e. The predicted octanol–water partition coefficient (Wildman–Crippen LogP) is 2.30. The number of hydrogen-bond acceptors (Lipinski definition) is 10. The molecule has 0 bridgehead atoms. The first kappa shape index (κ1) is 26.5.